The minimum absolute atomic E-state index is 0.0694. The summed E-state index contributed by atoms with van der Waals surface area (Å²) in [5, 5.41) is 8.41. The Hall–Kier alpha value is -1.69. The molecule has 0 amide bonds. The van der Waals surface area contributed by atoms with Gasteiger partial charge in [-0.15, -0.1) is 0 Å². The maximum absolute atomic E-state index is 12.5. The smallest absolute Gasteiger partial charge is 0.332 e. The average Bonchev–Trinajstić information content (AvgIpc) is 2.92. The first-order valence-electron chi connectivity index (χ1n) is 6.82. The van der Waals surface area contributed by atoms with Crippen LogP contribution in [0.1, 0.15) is 33.6 Å². The van der Waals surface area contributed by atoms with Crippen LogP contribution in [0, 0.1) is 11.6 Å². The van der Waals surface area contributed by atoms with Gasteiger partial charge in [-0.05, 0) is 31.9 Å². The van der Waals surface area contributed by atoms with Crippen LogP contribution >= 0.6 is 0 Å². The summed E-state index contributed by atoms with van der Waals surface area (Å²) >= 11 is 0. The number of benzene rings is 1. The van der Waals surface area contributed by atoms with Crippen LogP contribution in [0.4, 0.5) is 8.78 Å². The van der Waals surface area contributed by atoms with Gasteiger partial charge >= 0.3 is 5.97 Å². The molecule has 6 heteroatoms. The van der Waals surface area contributed by atoms with Crippen molar-refractivity contribution in [2.75, 3.05) is 7.11 Å². The summed E-state index contributed by atoms with van der Waals surface area (Å²) in [6.07, 6.45) is 1.12. The van der Waals surface area contributed by atoms with Gasteiger partial charge in [0.2, 0.25) is 5.82 Å². The van der Waals surface area contributed by atoms with Gasteiger partial charge in [-0.2, -0.15) is 4.39 Å². The third-order valence-electron chi connectivity index (χ3n) is 2.64. The van der Waals surface area contributed by atoms with Crippen molar-refractivity contribution in [1.29, 1.82) is 0 Å². The molecule has 2 unspecified atom stereocenters. The minimum atomic E-state index is -0.940. The second-order valence-electron chi connectivity index (χ2n) is 4.11. The molecule has 1 aromatic carbocycles. The number of carboxylic acid groups (broad SMARTS) is 1. The molecule has 0 saturated carbocycles. The van der Waals surface area contributed by atoms with Crippen molar-refractivity contribution >= 4 is 5.97 Å². The van der Waals surface area contributed by atoms with Crippen molar-refractivity contribution in [3.8, 4) is 5.75 Å². The van der Waals surface area contributed by atoms with E-state index in [9.17, 15) is 13.6 Å². The lowest BCUT2D eigenvalue weighted by Crippen LogP contribution is -2.19. The summed E-state index contributed by atoms with van der Waals surface area (Å²) in [5.41, 5.74) is 0. The van der Waals surface area contributed by atoms with Gasteiger partial charge in [0.25, 0.3) is 0 Å². The highest BCUT2D eigenvalue weighted by atomic mass is 19.2. The topological polar surface area (TPSA) is 55.8 Å². The van der Waals surface area contributed by atoms with Crippen LogP contribution in [-0.4, -0.2) is 30.4 Å². The van der Waals surface area contributed by atoms with Gasteiger partial charge in [0, 0.05) is 0 Å². The molecule has 120 valence electrons. The molecule has 1 saturated heterocycles. The van der Waals surface area contributed by atoms with Crippen LogP contribution in [0.5, 0.6) is 5.75 Å². The van der Waals surface area contributed by atoms with E-state index in [4.69, 9.17) is 9.84 Å². The minimum Gasteiger partial charge on any atom is -0.494 e. The number of carboxylic acids is 1. The molecule has 0 spiro atoms. The molecule has 0 aromatic heterocycles. The SMILES string of the molecule is CC.CC1CCC(C(=O)O)O1.COc1cccc(F)c1F. The van der Waals surface area contributed by atoms with Crippen LogP contribution in [-0.2, 0) is 9.53 Å². The number of aliphatic carboxylic acids is 1. The largest absolute Gasteiger partial charge is 0.494 e. The summed E-state index contributed by atoms with van der Waals surface area (Å²) in [6.45, 7) is 5.89. The van der Waals surface area contributed by atoms with Crippen LogP contribution in [0.3, 0.4) is 0 Å². The Morgan fingerprint density at radius 2 is 1.95 bits per heavy atom. The summed E-state index contributed by atoms with van der Waals surface area (Å²) in [6, 6.07) is 3.79. The molecule has 1 fully saturated rings. The monoisotopic (exact) mass is 304 g/mol. The van der Waals surface area contributed by atoms with E-state index in [0.717, 1.165) is 12.5 Å². The molecule has 0 aliphatic carbocycles. The number of carbonyl (C=O) groups is 1. The molecule has 0 bridgehead atoms. The number of methoxy groups -OCH3 is 1. The van der Waals surface area contributed by atoms with E-state index in [0.29, 0.717) is 6.42 Å². The number of hydrogen-bond donors (Lipinski definition) is 1. The Morgan fingerprint density at radius 3 is 2.29 bits per heavy atom. The van der Waals surface area contributed by atoms with E-state index >= 15 is 0 Å². The van der Waals surface area contributed by atoms with Crippen LogP contribution in [0.25, 0.3) is 0 Å². The molecule has 1 aliphatic heterocycles. The third kappa shape index (κ3) is 6.53. The fourth-order valence-corrected chi connectivity index (χ4v) is 1.63. The predicted octanol–water partition coefficient (Wildman–Crippen LogP) is 3.64. The van der Waals surface area contributed by atoms with Gasteiger partial charge < -0.3 is 14.6 Å². The Morgan fingerprint density at radius 1 is 1.33 bits per heavy atom. The highest BCUT2D eigenvalue weighted by Crippen LogP contribution is 2.18. The van der Waals surface area contributed by atoms with E-state index in [1.807, 2.05) is 20.8 Å². The third-order valence-corrected chi connectivity index (χ3v) is 2.64. The zero-order valence-electron chi connectivity index (χ0n) is 12.7. The van der Waals surface area contributed by atoms with E-state index in [1.165, 1.54) is 19.2 Å². The lowest BCUT2D eigenvalue weighted by molar-refractivity contribution is -0.149. The first kappa shape index (κ1) is 19.3. The van der Waals surface area contributed by atoms with Gasteiger partial charge in [-0.3, -0.25) is 0 Å². The quantitative estimate of drug-likeness (QED) is 0.906. The van der Waals surface area contributed by atoms with E-state index in [-0.39, 0.29) is 11.9 Å². The van der Waals surface area contributed by atoms with Crippen LogP contribution < -0.4 is 4.74 Å². The number of rotatable bonds is 2. The van der Waals surface area contributed by atoms with Crippen molar-refractivity contribution in [3.05, 3.63) is 29.8 Å². The number of ether oxygens (including phenoxy) is 2. The normalized spacial score (nSPS) is 19.7. The second kappa shape index (κ2) is 10.1. The van der Waals surface area contributed by atoms with E-state index < -0.39 is 23.7 Å². The molecule has 0 radical (unpaired) electrons. The van der Waals surface area contributed by atoms with Gasteiger partial charge in [-0.25, -0.2) is 9.18 Å². The Bertz CT molecular complexity index is 438. The number of hydrogen-bond acceptors (Lipinski definition) is 3. The van der Waals surface area contributed by atoms with E-state index in [2.05, 4.69) is 4.74 Å². The first-order valence-corrected chi connectivity index (χ1v) is 6.82. The standard InChI is InChI=1S/C7H6F2O.C6H10O3.C2H6/c1-10-6-4-2-3-5(8)7(6)9;1-4-2-3-5(9-4)6(7)8;1-2/h2-4H,1H3;4-5H,2-3H2,1H3,(H,7,8);1-2H3. The van der Waals surface area contributed by atoms with Crippen molar-refractivity contribution in [1.82, 2.24) is 0 Å². The summed E-state index contributed by atoms with van der Waals surface area (Å²) in [7, 11) is 1.29. The Kier molecular flexibility index (Phi) is 9.28. The highest BCUT2D eigenvalue weighted by Gasteiger charge is 2.27. The van der Waals surface area contributed by atoms with Gasteiger partial charge in [-0.1, -0.05) is 19.9 Å². The lowest BCUT2D eigenvalue weighted by atomic mass is 10.2. The molecule has 1 aliphatic rings. The second-order valence-corrected chi connectivity index (χ2v) is 4.11. The highest BCUT2D eigenvalue weighted by molar-refractivity contribution is 5.72. The molecular formula is C15H22F2O4. The lowest BCUT2D eigenvalue weighted by Gasteiger charge is -2.03. The van der Waals surface area contributed by atoms with Gasteiger partial charge in [0.15, 0.2) is 17.7 Å². The predicted molar refractivity (Wildman–Crippen MR) is 75.5 cm³/mol. The Balaban J connectivity index is 0.000000342. The van der Waals surface area contributed by atoms with Crippen LogP contribution in [0.2, 0.25) is 0 Å². The fourth-order valence-electron chi connectivity index (χ4n) is 1.63. The first-order chi connectivity index (χ1) is 9.95. The van der Waals surface area contributed by atoms with Crippen molar-refractivity contribution in [2.24, 2.45) is 0 Å². The molecular weight excluding hydrogens is 282 g/mol. The fraction of sp³-hybridized carbons (Fsp3) is 0.533. The summed E-state index contributed by atoms with van der Waals surface area (Å²) in [5.74, 6) is -2.73. The average molecular weight is 304 g/mol. The molecule has 2 atom stereocenters. The zero-order chi connectivity index (χ0) is 16.4. The molecule has 1 aromatic rings. The van der Waals surface area contributed by atoms with E-state index in [1.54, 1.807) is 0 Å². The molecule has 4 nitrogen and oxygen atoms in total. The molecule has 2 rings (SSSR count). The molecule has 1 heterocycles. The van der Waals surface area contributed by atoms with Gasteiger partial charge in [0.05, 0.1) is 13.2 Å². The van der Waals surface area contributed by atoms with Crippen molar-refractivity contribution < 1.29 is 28.2 Å². The zero-order valence-corrected chi connectivity index (χ0v) is 12.7. The summed E-state index contributed by atoms with van der Waals surface area (Å²) in [4.78, 5) is 10.2. The maximum atomic E-state index is 12.5. The molecule has 1 N–H and O–H groups in total. The van der Waals surface area contributed by atoms with Crippen LogP contribution in [0.15, 0.2) is 18.2 Å². The Labute approximate surface area is 123 Å². The number of halogens is 2. The maximum Gasteiger partial charge on any atom is 0.332 e. The van der Waals surface area contributed by atoms with Crippen molar-refractivity contribution in [3.63, 3.8) is 0 Å². The molecule has 21 heavy (non-hydrogen) atoms. The van der Waals surface area contributed by atoms with Gasteiger partial charge in [0.1, 0.15) is 0 Å². The van der Waals surface area contributed by atoms with Crippen molar-refractivity contribution in [2.45, 2.75) is 45.8 Å². The summed E-state index contributed by atoms with van der Waals surface area (Å²) < 4.78 is 34.3.